The first-order chi connectivity index (χ1) is 6.74. The Morgan fingerprint density at radius 1 is 1.64 bits per heavy atom. The van der Waals surface area contributed by atoms with Crippen molar-refractivity contribution in [2.24, 2.45) is 5.73 Å². The summed E-state index contributed by atoms with van der Waals surface area (Å²) in [4.78, 5) is 14.4. The molecule has 1 aromatic heterocycles. The molecular weight excluding hydrogens is 184 g/mol. The molecule has 1 atom stereocenters. The van der Waals surface area contributed by atoms with E-state index in [1.165, 1.54) is 0 Å². The molecule has 14 heavy (non-hydrogen) atoms. The number of aromatic nitrogens is 1. The molecule has 0 aromatic carbocycles. The first-order valence-electron chi connectivity index (χ1n) is 4.18. The van der Waals surface area contributed by atoms with Crippen molar-refractivity contribution in [2.75, 3.05) is 13.2 Å². The zero-order chi connectivity index (χ0) is 10.4. The lowest BCUT2D eigenvalue weighted by Crippen LogP contribution is -2.20. The van der Waals surface area contributed by atoms with E-state index in [9.17, 15) is 4.79 Å². The standard InChI is InChI=1S/C9H12N2O3/c10-9(13)14-6-7(5-12)8-3-1-2-4-11-8/h1-4,7,12H,5-6H2,(H2,10,13)/t7-/m1/s1. The lowest BCUT2D eigenvalue weighted by atomic mass is 10.1. The minimum atomic E-state index is -0.848. The highest BCUT2D eigenvalue weighted by molar-refractivity contribution is 5.64. The van der Waals surface area contributed by atoms with Gasteiger partial charge >= 0.3 is 6.09 Å². The van der Waals surface area contributed by atoms with Crippen LogP contribution in [0.4, 0.5) is 4.79 Å². The number of rotatable bonds is 4. The Kier molecular flexibility index (Phi) is 3.87. The van der Waals surface area contributed by atoms with Gasteiger partial charge in [-0.15, -0.1) is 0 Å². The highest BCUT2D eigenvalue weighted by Crippen LogP contribution is 2.11. The Morgan fingerprint density at radius 2 is 2.43 bits per heavy atom. The number of nitrogens with two attached hydrogens (primary N) is 1. The molecule has 0 saturated carbocycles. The van der Waals surface area contributed by atoms with Crippen LogP contribution in [0.1, 0.15) is 11.6 Å². The topological polar surface area (TPSA) is 85.4 Å². The maximum absolute atomic E-state index is 10.3. The number of hydrogen-bond donors (Lipinski definition) is 2. The quantitative estimate of drug-likeness (QED) is 0.722. The maximum Gasteiger partial charge on any atom is 0.404 e. The molecule has 5 nitrogen and oxygen atoms in total. The van der Waals surface area contributed by atoms with Crippen molar-refractivity contribution < 1.29 is 14.6 Å². The van der Waals surface area contributed by atoms with Crippen molar-refractivity contribution >= 4 is 6.09 Å². The highest BCUT2D eigenvalue weighted by atomic mass is 16.5. The molecule has 1 amide bonds. The summed E-state index contributed by atoms with van der Waals surface area (Å²) in [5, 5.41) is 9.02. The van der Waals surface area contributed by atoms with E-state index >= 15 is 0 Å². The van der Waals surface area contributed by atoms with E-state index in [2.05, 4.69) is 9.72 Å². The number of aliphatic hydroxyl groups excluding tert-OH is 1. The number of aliphatic hydroxyl groups is 1. The minimum absolute atomic E-state index is 0.0445. The first-order valence-corrected chi connectivity index (χ1v) is 4.18. The molecule has 5 heteroatoms. The molecule has 0 aliphatic heterocycles. The third-order valence-corrected chi connectivity index (χ3v) is 1.75. The Bertz CT molecular complexity index is 289. The molecule has 0 aliphatic carbocycles. The number of primary amides is 1. The smallest absolute Gasteiger partial charge is 0.404 e. The van der Waals surface area contributed by atoms with Gasteiger partial charge in [0.15, 0.2) is 0 Å². The van der Waals surface area contributed by atoms with E-state index in [-0.39, 0.29) is 19.1 Å². The van der Waals surface area contributed by atoms with Gasteiger partial charge in [0, 0.05) is 11.9 Å². The average molecular weight is 196 g/mol. The van der Waals surface area contributed by atoms with Crippen LogP contribution in [0.15, 0.2) is 24.4 Å². The molecule has 0 fully saturated rings. The van der Waals surface area contributed by atoms with Crippen molar-refractivity contribution in [3.05, 3.63) is 30.1 Å². The number of hydrogen-bond acceptors (Lipinski definition) is 4. The van der Waals surface area contributed by atoms with Crippen LogP contribution in [0.2, 0.25) is 0 Å². The molecule has 1 aromatic rings. The molecule has 0 saturated heterocycles. The number of pyridine rings is 1. The molecule has 76 valence electrons. The summed E-state index contributed by atoms with van der Waals surface area (Å²) in [6, 6.07) is 5.33. The Hall–Kier alpha value is -1.62. The van der Waals surface area contributed by atoms with Crippen LogP contribution >= 0.6 is 0 Å². The van der Waals surface area contributed by atoms with Crippen molar-refractivity contribution in [3.63, 3.8) is 0 Å². The van der Waals surface area contributed by atoms with Crippen molar-refractivity contribution in [1.82, 2.24) is 4.98 Å². The largest absolute Gasteiger partial charge is 0.449 e. The van der Waals surface area contributed by atoms with E-state index in [0.29, 0.717) is 5.69 Å². The summed E-state index contributed by atoms with van der Waals surface area (Å²) in [6.07, 6.45) is 0.766. The molecule has 0 aliphatic rings. The van der Waals surface area contributed by atoms with Gasteiger partial charge in [-0.05, 0) is 12.1 Å². The minimum Gasteiger partial charge on any atom is -0.449 e. The lowest BCUT2D eigenvalue weighted by molar-refractivity contribution is 0.132. The zero-order valence-electron chi connectivity index (χ0n) is 7.59. The van der Waals surface area contributed by atoms with Crippen LogP contribution in [0, 0.1) is 0 Å². The van der Waals surface area contributed by atoms with Gasteiger partial charge in [0.1, 0.15) is 6.61 Å². The molecule has 0 bridgehead atoms. The van der Waals surface area contributed by atoms with Gasteiger partial charge in [-0.1, -0.05) is 6.07 Å². The number of carbonyl (C=O) groups is 1. The van der Waals surface area contributed by atoms with Gasteiger partial charge in [0.05, 0.1) is 12.5 Å². The lowest BCUT2D eigenvalue weighted by Gasteiger charge is -2.12. The van der Waals surface area contributed by atoms with E-state index < -0.39 is 6.09 Å². The maximum atomic E-state index is 10.3. The zero-order valence-corrected chi connectivity index (χ0v) is 7.59. The average Bonchev–Trinajstić information content (AvgIpc) is 2.20. The number of amides is 1. The van der Waals surface area contributed by atoms with E-state index in [1.807, 2.05) is 0 Å². The van der Waals surface area contributed by atoms with Crippen LogP contribution in [0.25, 0.3) is 0 Å². The summed E-state index contributed by atoms with van der Waals surface area (Å²) in [5.74, 6) is -0.316. The number of carbonyl (C=O) groups excluding carboxylic acids is 1. The number of ether oxygens (including phenoxy) is 1. The third kappa shape index (κ3) is 3.02. The molecular formula is C9H12N2O3. The van der Waals surface area contributed by atoms with Crippen LogP contribution in [0.3, 0.4) is 0 Å². The first kappa shape index (κ1) is 10.5. The molecule has 0 unspecified atom stereocenters. The molecule has 1 heterocycles. The van der Waals surface area contributed by atoms with Crippen LogP contribution < -0.4 is 5.73 Å². The van der Waals surface area contributed by atoms with Gasteiger partial charge in [-0.25, -0.2) is 4.79 Å². The summed E-state index contributed by atoms with van der Waals surface area (Å²) in [5.41, 5.74) is 5.49. The van der Waals surface area contributed by atoms with Crippen LogP contribution in [-0.4, -0.2) is 29.4 Å². The second-order valence-electron chi connectivity index (χ2n) is 2.76. The van der Waals surface area contributed by atoms with Crippen LogP contribution in [-0.2, 0) is 4.74 Å². The van der Waals surface area contributed by atoms with Gasteiger partial charge in [0.2, 0.25) is 0 Å². The Labute approximate surface area is 81.5 Å². The van der Waals surface area contributed by atoms with Gasteiger partial charge in [-0.3, -0.25) is 4.98 Å². The summed E-state index contributed by atoms with van der Waals surface area (Å²) < 4.78 is 4.59. The van der Waals surface area contributed by atoms with Crippen LogP contribution in [0.5, 0.6) is 0 Å². The van der Waals surface area contributed by atoms with Crippen molar-refractivity contribution in [2.45, 2.75) is 5.92 Å². The fourth-order valence-electron chi connectivity index (χ4n) is 1.03. The molecule has 0 radical (unpaired) electrons. The highest BCUT2D eigenvalue weighted by Gasteiger charge is 2.12. The second kappa shape index (κ2) is 5.18. The van der Waals surface area contributed by atoms with Crippen molar-refractivity contribution in [3.8, 4) is 0 Å². The van der Waals surface area contributed by atoms with Gasteiger partial charge in [-0.2, -0.15) is 0 Å². The van der Waals surface area contributed by atoms with E-state index in [4.69, 9.17) is 10.8 Å². The monoisotopic (exact) mass is 196 g/mol. The number of nitrogens with zero attached hydrogens (tertiary/aromatic N) is 1. The molecule has 0 spiro atoms. The Balaban J connectivity index is 2.58. The summed E-state index contributed by atoms with van der Waals surface area (Å²) >= 11 is 0. The SMILES string of the molecule is NC(=O)OC[C@@H](CO)c1ccccn1. The molecule has 1 rings (SSSR count). The van der Waals surface area contributed by atoms with Gasteiger partial charge in [0.25, 0.3) is 0 Å². The van der Waals surface area contributed by atoms with Gasteiger partial charge < -0.3 is 15.6 Å². The fraction of sp³-hybridized carbons (Fsp3) is 0.333. The second-order valence-corrected chi connectivity index (χ2v) is 2.76. The normalized spacial score (nSPS) is 12.1. The van der Waals surface area contributed by atoms with E-state index in [0.717, 1.165) is 0 Å². The van der Waals surface area contributed by atoms with E-state index in [1.54, 1.807) is 24.4 Å². The molecule has 3 N–H and O–H groups in total. The Morgan fingerprint density at radius 3 is 2.93 bits per heavy atom. The summed E-state index contributed by atoms with van der Waals surface area (Å²) in [6.45, 7) is -0.0901. The third-order valence-electron chi connectivity index (χ3n) is 1.75. The summed E-state index contributed by atoms with van der Waals surface area (Å²) in [7, 11) is 0. The fourth-order valence-corrected chi connectivity index (χ4v) is 1.03. The predicted molar refractivity (Wildman–Crippen MR) is 49.6 cm³/mol. The predicted octanol–water partition coefficient (Wildman–Crippen LogP) is 0.253. The van der Waals surface area contributed by atoms with Crippen molar-refractivity contribution in [1.29, 1.82) is 0 Å².